The average Bonchev–Trinajstić information content (AvgIpc) is 3.04. The first kappa shape index (κ1) is 13.7. The lowest BCUT2D eigenvalue weighted by Crippen LogP contribution is -2.37. The van der Waals surface area contributed by atoms with E-state index < -0.39 is 0 Å². The fraction of sp³-hybridized carbons (Fsp3) is 0.375. The summed E-state index contributed by atoms with van der Waals surface area (Å²) in [7, 11) is 0. The fourth-order valence-corrected chi connectivity index (χ4v) is 2.82. The lowest BCUT2D eigenvalue weighted by atomic mass is 10.1. The molecule has 0 aliphatic carbocycles. The molecule has 0 saturated heterocycles. The van der Waals surface area contributed by atoms with Gasteiger partial charge in [0.15, 0.2) is 5.96 Å². The molecule has 1 aliphatic rings. The van der Waals surface area contributed by atoms with Gasteiger partial charge in [0.1, 0.15) is 0 Å². The van der Waals surface area contributed by atoms with Crippen molar-refractivity contribution in [3.8, 4) is 0 Å². The summed E-state index contributed by atoms with van der Waals surface area (Å²) >= 11 is 0. The summed E-state index contributed by atoms with van der Waals surface area (Å²) < 4.78 is 2.18. The van der Waals surface area contributed by atoms with Crippen LogP contribution in [-0.4, -0.2) is 22.1 Å². The van der Waals surface area contributed by atoms with Gasteiger partial charge in [0.25, 0.3) is 0 Å². The number of hydrogen-bond donors (Lipinski definition) is 1. The summed E-state index contributed by atoms with van der Waals surface area (Å²) in [4.78, 5) is 10.8. The molecule has 0 fully saturated rings. The number of nitrogens with zero attached hydrogens (tertiary/aromatic N) is 4. The first-order chi connectivity index (χ1) is 10.1. The SMILES string of the molecule is Cc1cccc(N2C(N)=NCC2c2cncn2C(C)C)c1. The van der Waals surface area contributed by atoms with Gasteiger partial charge in [-0.3, -0.25) is 4.99 Å². The monoisotopic (exact) mass is 283 g/mol. The van der Waals surface area contributed by atoms with Gasteiger partial charge in [-0.05, 0) is 38.5 Å². The smallest absolute Gasteiger partial charge is 0.196 e. The molecular formula is C16H21N5. The van der Waals surface area contributed by atoms with E-state index >= 15 is 0 Å². The maximum absolute atomic E-state index is 6.13. The first-order valence-electron chi connectivity index (χ1n) is 7.25. The zero-order valence-corrected chi connectivity index (χ0v) is 12.7. The second kappa shape index (κ2) is 5.24. The molecule has 110 valence electrons. The molecule has 1 aromatic heterocycles. The number of nitrogens with two attached hydrogens (primary N) is 1. The van der Waals surface area contributed by atoms with E-state index in [1.807, 2.05) is 18.6 Å². The third-order valence-electron chi connectivity index (χ3n) is 3.86. The molecule has 0 saturated carbocycles. The van der Waals surface area contributed by atoms with Gasteiger partial charge < -0.3 is 15.2 Å². The highest BCUT2D eigenvalue weighted by Gasteiger charge is 2.31. The Bertz CT molecular complexity index is 671. The highest BCUT2D eigenvalue weighted by atomic mass is 15.3. The second-order valence-corrected chi connectivity index (χ2v) is 5.74. The number of aliphatic imine (C=N–C) groups is 1. The van der Waals surface area contributed by atoms with Crippen LogP contribution in [0.4, 0.5) is 5.69 Å². The molecule has 0 amide bonds. The van der Waals surface area contributed by atoms with Crippen molar-refractivity contribution >= 4 is 11.6 Å². The van der Waals surface area contributed by atoms with Gasteiger partial charge in [-0.15, -0.1) is 0 Å². The van der Waals surface area contributed by atoms with Crippen molar-refractivity contribution in [3.63, 3.8) is 0 Å². The molecule has 1 atom stereocenters. The van der Waals surface area contributed by atoms with Gasteiger partial charge in [0, 0.05) is 11.7 Å². The molecule has 5 heteroatoms. The van der Waals surface area contributed by atoms with Crippen LogP contribution in [0.3, 0.4) is 0 Å². The van der Waals surface area contributed by atoms with Crippen LogP contribution in [0, 0.1) is 6.92 Å². The molecule has 2 aromatic rings. The number of guanidine groups is 1. The minimum Gasteiger partial charge on any atom is -0.369 e. The largest absolute Gasteiger partial charge is 0.369 e. The molecule has 2 N–H and O–H groups in total. The predicted molar refractivity (Wildman–Crippen MR) is 85.5 cm³/mol. The number of rotatable bonds is 3. The van der Waals surface area contributed by atoms with Crippen molar-refractivity contribution in [1.82, 2.24) is 9.55 Å². The van der Waals surface area contributed by atoms with Crippen LogP contribution in [0.15, 0.2) is 41.8 Å². The Morgan fingerprint density at radius 2 is 2.14 bits per heavy atom. The maximum Gasteiger partial charge on any atom is 0.196 e. The Balaban J connectivity index is 2.01. The highest BCUT2D eigenvalue weighted by molar-refractivity contribution is 5.97. The predicted octanol–water partition coefficient (Wildman–Crippen LogP) is 2.65. The quantitative estimate of drug-likeness (QED) is 0.942. The van der Waals surface area contributed by atoms with Crippen LogP contribution in [0.1, 0.15) is 37.2 Å². The molecule has 1 unspecified atom stereocenters. The van der Waals surface area contributed by atoms with Crippen molar-refractivity contribution < 1.29 is 0 Å². The molecule has 1 aliphatic heterocycles. The van der Waals surface area contributed by atoms with Crippen molar-refractivity contribution in [2.24, 2.45) is 10.7 Å². The lowest BCUT2D eigenvalue weighted by Gasteiger charge is -2.28. The third-order valence-corrected chi connectivity index (χ3v) is 3.86. The minimum atomic E-state index is 0.108. The van der Waals surface area contributed by atoms with Gasteiger partial charge >= 0.3 is 0 Å². The van der Waals surface area contributed by atoms with E-state index in [9.17, 15) is 0 Å². The molecule has 0 radical (unpaired) electrons. The molecule has 21 heavy (non-hydrogen) atoms. The van der Waals surface area contributed by atoms with E-state index in [2.05, 4.69) is 58.4 Å². The number of aryl methyl sites for hydroxylation is 1. The summed E-state index contributed by atoms with van der Waals surface area (Å²) in [5, 5.41) is 0. The van der Waals surface area contributed by atoms with Crippen LogP contribution in [-0.2, 0) is 0 Å². The normalized spacial score (nSPS) is 18.4. The first-order valence-corrected chi connectivity index (χ1v) is 7.25. The average molecular weight is 283 g/mol. The lowest BCUT2D eigenvalue weighted by molar-refractivity contribution is 0.549. The Morgan fingerprint density at radius 1 is 1.33 bits per heavy atom. The van der Waals surface area contributed by atoms with E-state index in [0.29, 0.717) is 18.5 Å². The number of aromatic nitrogens is 2. The van der Waals surface area contributed by atoms with Crippen LogP contribution in [0.25, 0.3) is 0 Å². The summed E-state index contributed by atoms with van der Waals surface area (Å²) in [5.41, 5.74) is 9.57. The molecule has 2 heterocycles. The number of anilines is 1. The van der Waals surface area contributed by atoms with Gasteiger partial charge in [-0.1, -0.05) is 12.1 Å². The van der Waals surface area contributed by atoms with E-state index in [-0.39, 0.29) is 6.04 Å². The summed E-state index contributed by atoms with van der Waals surface area (Å²) in [6.07, 6.45) is 3.80. The minimum absolute atomic E-state index is 0.108. The van der Waals surface area contributed by atoms with Crippen molar-refractivity contribution in [3.05, 3.63) is 48.0 Å². The Hall–Kier alpha value is -2.30. The number of benzene rings is 1. The Labute approximate surface area is 125 Å². The maximum atomic E-state index is 6.13. The molecule has 0 spiro atoms. The zero-order chi connectivity index (χ0) is 15.0. The third kappa shape index (κ3) is 2.39. The summed E-state index contributed by atoms with van der Waals surface area (Å²) in [5.74, 6) is 0.571. The van der Waals surface area contributed by atoms with E-state index in [1.165, 1.54) is 5.56 Å². The molecule has 3 rings (SSSR count). The topological polar surface area (TPSA) is 59.4 Å². The second-order valence-electron chi connectivity index (χ2n) is 5.74. The van der Waals surface area contributed by atoms with E-state index in [0.717, 1.165) is 11.4 Å². The van der Waals surface area contributed by atoms with E-state index in [1.54, 1.807) is 0 Å². The van der Waals surface area contributed by atoms with Crippen LogP contribution in [0.2, 0.25) is 0 Å². The van der Waals surface area contributed by atoms with Gasteiger partial charge in [-0.25, -0.2) is 4.98 Å². The standard InChI is InChI=1S/C16H21N5/c1-11(2)20-10-18-8-14(20)15-9-19-16(17)21(15)13-6-4-5-12(3)7-13/h4-8,10-11,15H,9H2,1-3H3,(H2,17,19). The van der Waals surface area contributed by atoms with Crippen molar-refractivity contribution in [2.45, 2.75) is 32.9 Å². The number of hydrogen-bond acceptors (Lipinski definition) is 4. The zero-order valence-electron chi connectivity index (χ0n) is 12.7. The highest BCUT2D eigenvalue weighted by Crippen LogP contribution is 2.32. The van der Waals surface area contributed by atoms with Crippen LogP contribution < -0.4 is 10.6 Å². The van der Waals surface area contributed by atoms with Crippen molar-refractivity contribution in [1.29, 1.82) is 0 Å². The fourth-order valence-electron chi connectivity index (χ4n) is 2.82. The summed E-state index contributed by atoms with van der Waals surface area (Å²) in [6, 6.07) is 8.81. The Morgan fingerprint density at radius 3 is 2.86 bits per heavy atom. The van der Waals surface area contributed by atoms with Crippen LogP contribution >= 0.6 is 0 Å². The van der Waals surface area contributed by atoms with Crippen molar-refractivity contribution in [2.75, 3.05) is 11.4 Å². The van der Waals surface area contributed by atoms with Gasteiger partial charge in [0.2, 0.25) is 0 Å². The molecule has 0 bridgehead atoms. The van der Waals surface area contributed by atoms with Crippen LogP contribution in [0.5, 0.6) is 0 Å². The van der Waals surface area contributed by atoms with E-state index in [4.69, 9.17) is 5.73 Å². The Kier molecular flexibility index (Phi) is 3.41. The van der Waals surface area contributed by atoms with Gasteiger partial charge in [0.05, 0.1) is 30.8 Å². The molecule has 5 nitrogen and oxygen atoms in total. The molecule has 1 aromatic carbocycles. The molecular weight excluding hydrogens is 262 g/mol. The summed E-state index contributed by atoms with van der Waals surface area (Å²) in [6.45, 7) is 7.06. The van der Waals surface area contributed by atoms with Gasteiger partial charge in [-0.2, -0.15) is 0 Å². The number of imidazole rings is 1.